The molecule has 9 nitrogen and oxygen atoms in total. The van der Waals surface area contributed by atoms with E-state index in [1.54, 1.807) is 38.1 Å². The molecule has 1 unspecified atom stereocenters. The standard InChI is InChI=1S/C19H19ClN4O5S/c1-12(2)17(22-30(27,28)14-7-5-6-13(20)10-14)19(26)29-11-24-18(25)15-8-3-4-9-16(15)21-23-24/h3-10,12,17,22H,11H2,1-2H3. The fourth-order valence-electron chi connectivity index (χ4n) is 2.65. The summed E-state index contributed by atoms with van der Waals surface area (Å²) < 4.78 is 33.6. The van der Waals surface area contributed by atoms with Gasteiger partial charge in [-0.05, 0) is 36.2 Å². The molecule has 0 saturated carbocycles. The van der Waals surface area contributed by atoms with Crippen molar-refractivity contribution in [2.24, 2.45) is 5.92 Å². The van der Waals surface area contributed by atoms with Crippen LogP contribution in [0.25, 0.3) is 10.9 Å². The Morgan fingerprint density at radius 2 is 1.93 bits per heavy atom. The van der Waals surface area contributed by atoms with Crippen molar-refractivity contribution in [2.45, 2.75) is 31.5 Å². The maximum Gasteiger partial charge on any atom is 0.326 e. The van der Waals surface area contributed by atoms with E-state index in [4.69, 9.17) is 16.3 Å². The average molecular weight is 451 g/mol. The van der Waals surface area contributed by atoms with E-state index < -0.39 is 40.2 Å². The number of sulfonamides is 1. The van der Waals surface area contributed by atoms with Crippen molar-refractivity contribution in [3.63, 3.8) is 0 Å². The number of fused-ring (bicyclic) bond motifs is 1. The van der Waals surface area contributed by atoms with Crippen LogP contribution in [0, 0.1) is 5.92 Å². The number of ether oxygens (including phenoxy) is 1. The third kappa shape index (κ3) is 4.84. The van der Waals surface area contributed by atoms with Crippen molar-refractivity contribution < 1.29 is 17.9 Å². The predicted molar refractivity (Wildman–Crippen MR) is 110 cm³/mol. The van der Waals surface area contributed by atoms with Gasteiger partial charge in [-0.15, -0.1) is 5.10 Å². The lowest BCUT2D eigenvalue weighted by molar-refractivity contribution is -0.151. The van der Waals surface area contributed by atoms with Crippen molar-refractivity contribution in [1.29, 1.82) is 0 Å². The van der Waals surface area contributed by atoms with Gasteiger partial charge in [-0.1, -0.05) is 48.9 Å². The Balaban J connectivity index is 1.76. The van der Waals surface area contributed by atoms with Gasteiger partial charge in [-0.25, -0.2) is 8.42 Å². The first-order chi connectivity index (χ1) is 14.2. The Morgan fingerprint density at radius 1 is 1.20 bits per heavy atom. The molecule has 0 fully saturated rings. The van der Waals surface area contributed by atoms with E-state index in [0.29, 0.717) is 10.9 Å². The molecule has 2 aromatic carbocycles. The van der Waals surface area contributed by atoms with E-state index in [9.17, 15) is 18.0 Å². The summed E-state index contributed by atoms with van der Waals surface area (Å²) in [6, 6.07) is 11.1. The van der Waals surface area contributed by atoms with E-state index in [1.807, 2.05) is 0 Å². The van der Waals surface area contributed by atoms with E-state index in [1.165, 1.54) is 24.3 Å². The van der Waals surface area contributed by atoms with Gasteiger partial charge in [0, 0.05) is 5.02 Å². The maximum atomic E-state index is 12.6. The van der Waals surface area contributed by atoms with Gasteiger partial charge in [0.25, 0.3) is 5.56 Å². The molecule has 158 valence electrons. The summed E-state index contributed by atoms with van der Waals surface area (Å²) in [6.07, 6.45) is 0. The molecule has 0 radical (unpaired) electrons. The number of nitrogens with one attached hydrogen (secondary N) is 1. The summed E-state index contributed by atoms with van der Waals surface area (Å²) in [4.78, 5) is 24.9. The smallest absolute Gasteiger partial charge is 0.326 e. The molecule has 0 aliphatic rings. The van der Waals surface area contributed by atoms with Crippen LogP contribution in [-0.4, -0.2) is 35.4 Å². The zero-order valence-corrected chi connectivity index (χ0v) is 17.7. The number of esters is 1. The highest BCUT2D eigenvalue weighted by Crippen LogP contribution is 2.17. The second-order valence-electron chi connectivity index (χ2n) is 6.80. The highest BCUT2D eigenvalue weighted by atomic mass is 35.5. The second-order valence-corrected chi connectivity index (χ2v) is 8.95. The second kappa shape index (κ2) is 8.90. The zero-order chi connectivity index (χ0) is 21.9. The molecule has 1 aromatic heterocycles. The van der Waals surface area contributed by atoms with Crippen molar-refractivity contribution in [3.05, 3.63) is 63.9 Å². The number of aromatic nitrogens is 3. The Bertz CT molecular complexity index is 1240. The lowest BCUT2D eigenvalue weighted by Crippen LogP contribution is -2.45. The van der Waals surface area contributed by atoms with Crippen molar-refractivity contribution >= 4 is 38.5 Å². The van der Waals surface area contributed by atoms with Crippen LogP contribution in [-0.2, 0) is 26.3 Å². The molecule has 0 aliphatic heterocycles. The molecule has 0 spiro atoms. The number of carbonyl (C=O) groups excluding carboxylic acids is 1. The summed E-state index contributed by atoms with van der Waals surface area (Å²) >= 11 is 5.86. The molecule has 1 heterocycles. The maximum absolute atomic E-state index is 12.6. The number of hydrogen-bond donors (Lipinski definition) is 1. The molecule has 3 aromatic rings. The Kier molecular flexibility index (Phi) is 6.49. The molecular formula is C19H19ClN4O5S. The van der Waals surface area contributed by atoms with Crippen LogP contribution in [0.5, 0.6) is 0 Å². The number of benzene rings is 2. The third-order valence-corrected chi connectivity index (χ3v) is 5.94. The number of rotatable bonds is 7. The lowest BCUT2D eigenvalue weighted by Gasteiger charge is -2.21. The van der Waals surface area contributed by atoms with Crippen LogP contribution in [0.4, 0.5) is 0 Å². The molecule has 0 saturated heterocycles. The van der Waals surface area contributed by atoms with Gasteiger partial charge in [-0.2, -0.15) is 9.40 Å². The number of carbonyl (C=O) groups is 1. The summed E-state index contributed by atoms with van der Waals surface area (Å²) in [5.74, 6) is -1.27. The molecule has 0 amide bonds. The predicted octanol–water partition coefficient (Wildman–Crippen LogP) is 1.95. The highest BCUT2D eigenvalue weighted by molar-refractivity contribution is 7.89. The highest BCUT2D eigenvalue weighted by Gasteiger charge is 2.30. The first-order valence-corrected chi connectivity index (χ1v) is 10.8. The van der Waals surface area contributed by atoms with Crippen LogP contribution >= 0.6 is 11.6 Å². The molecule has 0 bridgehead atoms. The van der Waals surface area contributed by atoms with Gasteiger partial charge < -0.3 is 4.74 Å². The third-order valence-electron chi connectivity index (χ3n) is 4.27. The summed E-state index contributed by atoms with van der Waals surface area (Å²) in [6.45, 7) is 2.82. The van der Waals surface area contributed by atoms with Crippen molar-refractivity contribution in [2.75, 3.05) is 0 Å². The molecule has 11 heteroatoms. The molecule has 0 aliphatic carbocycles. The number of halogens is 1. The molecular weight excluding hydrogens is 432 g/mol. The van der Waals surface area contributed by atoms with Gasteiger partial charge in [-0.3, -0.25) is 9.59 Å². The average Bonchev–Trinajstić information content (AvgIpc) is 2.71. The summed E-state index contributed by atoms with van der Waals surface area (Å²) in [5, 5.41) is 8.21. The fourth-order valence-corrected chi connectivity index (χ4v) is 4.28. The number of hydrogen-bond acceptors (Lipinski definition) is 7. The van der Waals surface area contributed by atoms with Crippen LogP contribution < -0.4 is 10.3 Å². The molecule has 30 heavy (non-hydrogen) atoms. The lowest BCUT2D eigenvalue weighted by atomic mass is 10.1. The fraction of sp³-hybridized carbons (Fsp3) is 0.263. The number of nitrogens with zero attached hydrogens (tertiary/aromatic N) is 3. The minimum atomic E-state index is -4.02. The minimum absolute atomic E-state index is 0.0786. The molecule has 3 rings (SSSR count). The zero-order valence-electron chi connectivity index (χ0n) is 16.1. The van der Waals surface area contributed by atoms with Crippen molar-refractivity contribution in [3.8, 4) is 0 Å². The van der Waals surface area contributed by atoms with E-state index >= 15 is 0 Å². The monoisotopic (exact) mass is 450 g/mol. The van der Waals surface area contributed by atoms with Crippen LogP contribution in [0.2, 0.25) is 5.02 Å². The topological polar surface area (TPSA) is 120 Å². The van der Waals surface area contributed by atoms with E-state index in [2.05, 4.69) is 15.0 Å². The summed E-state index contributed by atoms with van der Waals surface area (Å²) in [7, 11) is -4.02. The molecule has 1 atom stereocenters. The van der Waals surface area contributed by atoms with Crippen LogP contribution in [0.15, 0.2) is 58.2 Å². The minimum Gasteiger partial charge on any atom is -0.441 e. The Morgan fingerprint density at radius 3 is 2.63 bits per heavy atom. The normalized spacial score (nSPS) is 12.8. The summed E-state index contributed by atoms with van der Waals surface area (Å²) in [5.41, 5.74) is -0.0616. The van der Waals surface area contributed by atoms with Gasteiger partial charge in [0.1, 0.15) is 11.6 Å². The first-order valence-electron chi connectivity index (χ1n) is 8.96. The quantitative estimate of drug-likeness (QED) is 0.546. The first kappa shape index (κ1) is 21.9. The molecule has 1 N–H and O–H groups in total. The van der Waals surface area contributed by atoms with Crippen molar-refractivity contribution in [1.82, 2.24) is 19.7 Å². The van der Waals surface area contributed by atoms with Gasteiger partial charge in [0.2, 0.25) is 10.0 Å². The van der Waals surface area contributed by atoms with Gasteiger partial charge >= 0.3 is 5.97 Å². The Hall–Kier alpha value is -2.82. The van der Waals surface area contributed by atoms with Gasteiger partial charge in [0.15, 0.2) is 6.73 Å². The van der Waals surface area contributed by atoms with E-state index in [-0.39, 0.29) is 9.92 Å². The van der Waals surface area contributed by atoms with E-state index in [0.717, 1.165) is 4.68 Å². The Labute approximate surface area is 177 Å². The largest absolute Gasteiger partial charge is 0.441 e. The SMILES string of the molecule is CC(C)C(NS(=O)(=O)c1cccc(Cl)c1)C(=O)OCn1nnc2ccccc2c1=O. The van der Waals surface area contributed by atoms with Gasteiger partial charge in [0.05, 0.1) is 10.3 Å². The van der Waals surface area contributed by atoms with Crippen LogP contribution in [0.3, 0.4) is 0 Å². The van der Waals surface area contributed by atoms with Crippen LogP contribution in [0.1, 0.15) is 13.8 Å².